The zero-order valence-corrected chi connectivity index (χ0v) is 34.3. The van der Waals surface area contributed by atoms with E-state index >= 15 is 0 Å². The van der Waals surface area contributed by atoms with Crippen LogP contribution in [0, 0.1) is 0 Å². The van der Waals surface area contributed by atoms with Gasteiger partial charge in [0, 0.05) is 32.9 Å². The molecule has 0 bridgehead atoms. The van der Waals surface area contributed by atoms with Gasteiger partial charge in [-0.05, 0) is 110 Å². The van der Waals surface area contributed by atoms with Crippen molar-refractivity contribution >= 4 is 72.4 Å². The van der Waals surface area contributed by atoms with Gasteiger partial charge < -0.3 is 9.13 Å². The van der Waals surface area contributed by atoms with Gasteiger partial charge in [0.05, 0.1) is 46.7 Å². The predicted molar refractivity (Wildman–Crippen MR) is 270 cm³/mol. The van der Waals surface area contributed by atoms with Gasteiger partial charge in [0.15, 0.2) is 8.07 Å². The third-order valence-electron chi connectivity index (χ3n) is 11.6. The predicted octanol–water partition coefficient (Wildman–Crippen LogP) is 12.6. The highest BCUT2D eigenvalue weighted by molar-refractivity contribution is 7.19. The number of aromatic nitrogens is 2. The summed E-state index contributed by atoms with van der Waals surface area (Å²) in [6.45, 7) is 0. The van der Waals surface area contributed by atoms with Crippen LogP contribution in [0.5, 0.6) is 0 Å². The molecule has 12 aromatic rings. The topological polar surface area (TPSA) is 9.86 Å². The molecule has 0 aliphatic carbocycles. The molecule has 0 aliphatic heterocycles. The molecule has 0 saturated heterocycles. The van der Waals surface area contributed by atoms with E-state index in [0.717, 1.165) is 20.7 Å². The summed E-state index contributed by atoms with van der Waals surface area (Å²) in [5.74, 6) is 0. The molecule has 3 heteroatoms. The normalized spacial score (nSPS) is 15.8. The Hall–Kier alpha value is -7.98. The van der Waals surface area contributed by atoms with Crippen molar-refractivity contribution in [3.8, 4) is 33.6 Å². The summed E-state index contributed by atoms with van der Waals surface area (Å²) in [4.78, 5) is 0. The van der Waals surface area contributed by atoms with Gasteiger partial charge in [-0.3, -0.25) is 0 Å². The Balaban J connectivity index is 1.17. The number of rotatable bonds is 8. The molecule has 0 fully saturated rings. The van der Waals surface area contributed by atoms with Gasteiger partial charge >= 0.3 is 0 Å². The Morgan fingerprint density at radius 1 is 0.302 bits per heavy atom. The SMILES string of the molecule is [2H]c1c([2H])c(-c2c([2H])c([2H])c3c(c2[2H])c2c([2H])c([2H])c([2H])c([2H])c2n3-c2ccccc2)c([2H])c(-c2c([2H])c([2H])c3c(c2[2H])c2c([2H])c([2H])c([2H])c([2H])c2n3-c2cccc([Si](c3ccccc3)(c3ccccc3)c3ccccc3)c2)c1[2H]. The number of hydrogen-bond acceptors (Lipinski definition) is 0. The summed E-state index contributed by atoms with van der Waals surface area (Å²) in [7, 11) is -3.27. The fraction of sp³-hybridized carbons (Fsp3) is 0. The molecule has 12 rings (SSSR count). The van der Waals surface area contributed by atoms with E-state index in [1.807, 2.05) is 72.8 Å². The first-order valence-corrected chi connectivity index (χ1v) is 22.3. The maximum Gasteiger partial charge on any atom is 0.179 e. The van der Waals surface area contributed by atoms with Crippen molar-refractivity contribution < 1.29 is 24.7 Å². The molecule has 0 saturated carbocycles. The lowest BCUT2D eigenvalue weighted by atomic mass is 9.97. The number of benzene rings is 10. The Morgan fingerprint density at radius 3 is 1.21 bits per heavy atom. The quantitative estimate of drug-likeness (QED) is 0.107. The number of hydrogen-bond donors (Lipinski definition) is 0. The number of fused-ring (bicyclic) bond motifs is 6. The van der Waals surface area contributed by atoms with Crippen LogP contribution >= 0.6 is 0 Å². The molecule has 0 amide bonds. The molecule has 0 spiro atoms. The lowest BCUT2D eigenvalue weighted by Gasteiger charge is -2.34. The second-order valence-electron chi connectivity index (χ2n) is 15.0. The molecule has 2 heterocycles. The van der Waals surface area contributed by atoms with Crippen molar-refractivity contribution in [1.29, 1.82) is 0 Å². The van der Waals surface area contributed by atoms with Crippen LogP contribution in [-0.2, 0) is 0 Å². The largest absolute Gasteiger partial charge is 0.309 e. The monoisotopic (exact) mass is 836 g/mol. The van der Waals surface area contributed by atoms with Crippen LogP contribution in [-0.4, -0.2) is 17.2 Å². The van der Waals surface area contributed by atoms with Crippen molar-refractivity contribution in [3.05, 3.63) is 254 Å². The van der Waals surface area contributed by atoms with Crippen LogP contribution in [0.2, 0.25) is 0 Å². The van der Waals surface area contributed by atoms with Crippen molar-refractivity contribution in [2.45, 2.75) is 0 Å². The van der Waals surface area contributed by atoms with Crippen molar-refractivity contribution in [2.24, 2.45) is 0 Å². The lowest BCUT2D eigenvalue weighted by Crippen LogP contribution is -2.74. The smallest absolute Gasteiger partial charge is 0.179 e. The van der Waals surface area contributed by atoms with Crippen LogP contribution < -0.4 is 20.7 Å². The summed E-state index contributed by atoms with van der Waals surface area (Å²) in [5, 5.41) is 3.09. The molecule has 0 radical (unpaired) electrons. The minimum absolute atomic E-state index is 0.107. The Labute approximate surface area is 393 Å². The van der Waals surface area contributed by atoms with Gasteiger partial charge in [0.1, 0.15) is 0 Å². The molecule has 63 heavy (non-hydrogen) atoms. The second kappa shape index (κ2) is 15.2. The summed E-state index contributed by atoms with van der Waals surface area (Å²) in [5.41, 5.74) is -2.29. The molecule has 296 valence electrons. The van der Waals surface area contributed by atoms with Crippen molar-refractivity contribution in [2.75, 3.05) is 0 Å². The minimum Gasteiger partial charge on any atom is -0.309 e. The van der Waals surface area contributed by atoms with Crippen LogP contribution in [0.3, 0.4) is 0 Å². The molecule has 0 N–H and O–H groups in total. The van der Waals surface area contributed by atoms with Crippen LogP contribution in [0.25, 0.3) is 77.2 Å². The Bertz CT molecular complexity index is 4570. The van der Waals surface area contributed by atoms with Gasteiger partial charge in [0.2, 0.25) is 0 Å². The van der Waals surface area contributed by atoms with E-state index < -0.39 is 139 Å². The average molecular weight is 837 g/mol. The molecular weight excluding hydrogens is 777 g/mol. The summed E-state index contributed by atoms with van der Waals surface area (Å²) < 4.78 is 171. The number of para-hydroxylation sites is 3. The van der Waals surface area contributed by atoms with Crippen LogP contribution in [0.15, 0.2) is 254 Å². The van der Waals surface area contributed by atoms with E-state index in [9.17, 15) is 16.4 Å². The fourth-order valence-corrected chi connectivity index (χ4v) is 13.7. The van der Waals surface area contributed by atoms with E-state index in [4.69, 9.17) is 8.22 Å². The van der Waals surface area contributed by atoms with E-state index in [-0.39, 0.29) is 43.6 Å². The van der Waals surface area contributed by atoms with Gasteiger partial charge in [-0.15, -0.1) is 0 Å². The van der Waals surface area contributed by atoms with Gasteiger partial charge in [0.25, 0.3) is 0 Å². The maximum absolute atomic E-state index is 10.1. The first-order chi connectivity index (χ1) is 38.8. The average Bonchev–Trinajstić information content (AvgIpc) is 2.37. The lowest BCUT2D eigenvalue weighted by molar-refractivity contribution is 1.18. The third-order valence-corrected chi connectivity index (χ3v) is 16.4. The van der Waals surface area contributed by atoms with E-state index in [1.54, 1.807) is 36.4 Å². The molecule has 0 aliphatic rings. The molecule has 2 aromatic heterocycles. The molecule has 2 nitrogen and oxygen atoms in total. The number of nitrogens with zero attached hydrogens (tertiary/aromatic N) is 2. The van der Waals surface area contributed by atoms with Crippen molar-refractivity contribution in [3.63, 3.8) is 0 Å². The van der Waals surface area contributed by atoms with Crippen molar-refractivity contribution in [1.82, 2.24) is 9.13 Å². The summed E-state index contributed by atoms with van der Waals surface area (Å²) in [6, 6.07) is 33.8. The van der Waals surface area contributed by atoms with Gasteiger partial charge in [-0.25, -0.2) is 0 Å². The van der Waals surface area contributed by atoms with Gasteiger partial charge in [-0.1, -0.05) is 188 Å². The van der Waals surface area contributed by atoms with E-state index in [1.165, 1.54) is 9.13 Å². The first-order valence-electron chi connectivity index (χ1n) is 29.3. The van der Waals surface area contributed by atoms with E-state index in [0.29, 0.717) is 11.4 Å². The first kappa shape index (κ1) is 22.7. The Kier molecular flexibility index (Phi) is 5.48. The molecule has 0 atom stereocenters. The molecular formula is C60H42N2Si. The van der Waals surface area contributed by atoms with Crippen LogP contribution in [0.4, 0.5) is 0 Å². The Morgan fingerprint density at radius 2 is 0.698 bits per heavy atom. The maximum atomic E-state index is 10.1. The standard InChI is InChI=1S/C60H42N2Si/c1-5-21-47(22-6-1)61-57-33-15-13-31-53(57)55-40-45(35-37-59(55)61)43-19-17-20-44(39-43)46-36-38-60-56(41-46)54-32-14-16-34-58(54)62(60)48-23-18-30-52(42-48)63(49-24-7-2-8-25-49,50-26-9-3-10-27-50)51-28-11-4-12-29-51/h1-42H/i13D,14D,15D,16D,17D,19D,20D,31D,32D,33D,34D,35D,36D,37D,38D,39D,40D,41D. The molecule has 0 unspecified atom stereocenters. The highest BCUT2D eigenvalue weighted by Gasteiger charge is 2.41. The van der Waals surface area contributed by atoms with Gasteiger partial charge in [-0.2, -0.15) is 0 Å². The van der Waals surface area contributed by atoms with E-state index in [2.05, 4.69) is 36.4 Å². The fourth-order valence-electron chi connectivity index (χ4n) is 8.91. The summed E-state index contributed by atoms with van der Waals surface area (Å²) in [6.07, 6.45) is 0. The third kappa shape index (κ3) is 6.00. The second-order valence-corrected chi connectivity index (χ2v) is 18.9. The minimum atomic E-state index is -3.27. The highest BCUT2D eigenvalue weighted by Crippen LogP contribution is 2.38. The highest BCUT2D eigenvalue weighted by atomic mass is 28.3. The summed E-state index contributed by atoms with van der Waals surface area (Å²) >= 11 is 0. The van der Waals surface area contributed by atoms with Crippen LogP contribution in [0.1, 0.15) is 24.7 Å². The zero-order chi connectivity index (χ0) is 57.4. The zero-order valence-electron chi connectivity index (χ0n) is 51.3. The molecule has 10 aromatic carbocycles.